The third-order valence-corrected chi connectivity index (χ3v) is 3.50. The molecule has 1 atom stereocenters. The summed E-state index contributed by atoms with van der Waals surface area (Å²) in [5.41, 5.74) is 2.27. The smallest absolute Gasteiger partial charge is 0.132 e. The highest BCUT2D eigenvalue weighted by Crippen LogP contribution is 2.32. The predicted octanol–water partition coefficient (Wildman–Crippen LogP) is 4.42. The summed E-state index contributed by atoms with van der Waals surface area (Å²) in [6, 6.07) is 9.43. The van der Waals surface area contributed by atoms with E-state index in [9.17, 15) is 9.50 Å². The van der Waals surface area contributed by atoms with Crippen LogP contribution in [0.2, 0.25) is 5.02 Å². The molecule has 112 valence electrons. The summed E-state index contributed by atoms with van der Waals surface area (Å²) in [6.07, 6.45) is 0. The van der Waals surface area contributed by atoms with E-state index in [1.807, 2.05) is 44.1 Å². The number of rotatable bonds is 4. The molecule has 2 aromatic carbocycles. The maximum Gasteiger partial charge on any atom is 0.132 e. The second-order valence-corrected chi connectivity index (χ2v) is 5.56. The molecule has 0 radical (unpaired) electrons. The maximum absolute atomic E-state index is 13.9. The molecule has 0 aromatic heterocycles. The van der Waals surface area contributed by atoms with Crippen molar-refractivity contribution in [1.29, 1.82) is 0 Å². The minimum absolute atomic E-state index is 0.0832. The van der Waals surface area contributed by atoms with Crippen LogP contribution in [0.15, 0.2) is 36.4 Å². The van der Waals surface area contributed by atoms with Gasteiger partial charge in [-0.1, -0.05) is 17.7 Å². The van der Waals surface area contributed by atoms with Gasteiger partial charge in [0, 0.05) is 30.7 Å². The fourth-order valence-corrected chi connectivity index (χ4v) is 2.36. The Labute approximate surface area is 129 Å². The maximum atomic E-state index is 13.9. The Hall–Kier alpha value is -1.94. The molecule has 0 fully saturated rings. The molecule has 2 N–H and O–H groups in total. The molecule has 0 aliphatic rings. The first-order chi connectivity index (χ1) is 9.88. The largest absolute Gasteiger partial charge is 0.508 e. The monoisotopic (exact) mass is 308 g/mol. The third-order valence-electron chi connectivity index (χ3n) is 3.26. The summed E-state index contributed by atoms with van der Waals surface area (Å²) in [5.74, 6) is -0.524. The van der Waals surface area contributed by atoms with Crippen molar-refractivity contribution in [3.8, 4) is 5.75 Å². The molecule has 0 saturated carbocycles. The molecule has 0 amide bonds. The summed E-state index contributed by atoms with van der Waals surface area (Å²) < 4.78 is 13.9. The average Bonchev–Trinajstić information content (AvgIpc) is 2.37. The second-order valence-electron chi connectivity index (χ2n) is 5.13. The Bertz CT molecular complexity index is 646. The number of phenols is 1. The highest BCUT2D eigenvalue weighted by molar-refractivity contribution is 6.31. The molecule has 0 heterocycles. The van der Waals surface area contributed by atoms with E-state index >= 15 is 0 Å². The van der Waals surface area contributed by atoms with Crippen molar-refractivity contribution in [3.05, 3.63) is 52.8 Å². The lowest BCUT2D eigenvalue weighted by Gasteiger charge is -2.22. The van der Waals surface area contributed by atoms with Gasteiger partial charge in [-0.2, -0.15) is 0 Å². The number of aromatic hydroxyl groups is 1. The van der Waals surface area contributed by atoms with Crippen LogP contribution in [0.4, 0.5) is 15.8 Å². The van der Waals surface area contributed by atoms with E-state index in [4.69, 9.17) is 11.6 Å². The minimum atomic E-state index is -0.441. The number of nitrogens with zero attached hydrogens (tertiary/aromatic N) is 1. The molecule has 0 saturated heterocycles. The number of hydrogen-bond donors (Lipinski definition) is 2. The van der Waals surface area contributed by atoms with Gasteiger partial charge in [0.05, 0.1) is 17.4 Å². The molecule has 2 aromatic rings. The number of hydrogen-bond acceptors (Lipinski definition) is 3. The number of phenolic OH excluding ortho intramolecular Hbond substituents is 1. The first-order valence-corrected chi connectivity index (χ1v) is 6.98. The van der Waals surface area contributed by atoms with E-state index in [1.165, 1.54) is 6.07 Å². The van der Waals surface area contributed by atoms with Gasteiger partial charge in [0.1, 0.15) is 11.6 Å². The normalized spacial score (nSPS) is 12.0. The fraction of sp³-hybridized carbons (Fsp3) is 0.250. The van der Waals surface area contributed by atoms with E-state index in [2.05, 4.69) is 5.32 Å². The van der Waals surface area contributed by atoms with E-state index in [0.717, 1.165) is 17.4 Å². The fourth-order valence-electron chi connectivity index (χ4n) is 2.19. The van der Waals surface area contributed by atoms with Crippen LogP contribution in [0.3, 0.4) is 0 Å². The van der Waals surface area contributed by atoms with Gasteiger partial charge < -0.3 is 15.3 Å². The van der Waals surface area contributed by atoms with Crippen LogP contribution in [-0.2, 0) is 0 Å². The van der Waals surface area contributed by atoms with Crippen LogP contribution in [-0.4, -0.2) is 19.2 Å². The second kappa shape index (κ2) is 6.22. The molecular weight excluding hydrogens is 291 g/mol. The molecule has 0 aliphatic heterocycles. The number of nitrogens with one attached hydrogen (secondary N) is 1. The lowest BCUT2D eigenvalue weighted by molar-refractivity contribution is 0.467. The summed E-state index contributed by atoms with van der Waals surface area (Å²) in [7, 11) is 3.86. The Morgan fingerprint density at radius 2 is 1.90 bits per heavy atom. The van der Waals surface area contributed by atoms with Crippen molar-refractivity contribution in [3.63, 3.8) is 0 Å². The van der Waals surface area contributed by atoms with Gasteiger partial charge in [-0.3, -0.25) is 0 Å². The van der Waals surface area contributed by atoms with E-state index in [0.29, 0.717) is 10.6 Å². The van der Waals surface area contributed by atoms with Crippen molar-refractivity contribution in [1.82, 2.24) is 0 Å². The number of halogens is 2. The van der Waals surface area contributed by atoms with Gasteiger partial charge in [0.25, 0.3) is 0 Å². The van der Waals surface area contributed by atoms with Crippen molar-refractivity contribution in [2.75, 3.05) is 24.3 Å². The Kier molecular flexibility index (Phi) is 4.58. The van der Waals surface area contributed by atoms with Gasteiger partial charge >= 0.3 is 0 Å². The molecule has 0 aliphatic carbocycles. The van der Waals surface area contributed by atoms with Crippen LogP contribution in [0, 0.1) is 5.82 Å². The van der Waals surface area contributed by atoms with E-state index in [-0.39, 0.29) is 11.8 Å². The van der Waals surface area contributed by atoms with Gasteiger partial charge in [0.2, 0.25) is 0 Å². The zero-order chi connectivity index (χ0) is 15.6. The molecule has 2 rings (SSSR count). The molecule has 21 heavy (non-hydrogen) atoms. The molecule has 1 unspecified atom stereocenters. The SMILES string of the molecule is CC(Nc1cc(Cl)ccc1N(C)C)c1ccc(O)cc1F. The zero-order valence-electron chi connectivity index (χ0n) is 12.2. The van der Waals surface area contributed by atoms with Crippen molar-refractivity contribution in [2.45, 2.75) is 13.0 Å². The molecule has 5 heteroatoms. The summed E-state index contributed by atoms with van der Waals surface area (Å²) >= 11 is 6.04. The summed E-state index contributed by atoms with van der Waals surface area (Å²) in [5, 5.41) is 13.2. The Balaban J connectivity index is 2.31. The lowest BCUT2D eigenvalue weighted by atomic mass is 10.1. The van der Waals surface area contributed by atoms with Crippen LogP contribution >= 0.6 is 11.6 Å². The first kappa shape index (κ1) is 15.4. The van der Waals surface area contributed by atoms with Crippen molar-refractivity contribution < 1.29 is 9.50 Å². The van der Waals surface area contributed by atoms with Crippen LogP contribution in [0.1, 0.15) is 18.5 Å². The highest BCUT2D eigenvalue weighted by atomic mass is 35.5. The van der Waals surface area contributed by atoms with Gasteiger partial charge in [0.15, 0.2) is 0 Å². The van der Waals surface area contributed by atoms with Gasteiger partial charge in [-0.25, -0.2) is 4.39 Å². The zero-order valence-corrected chi connectivity index (χ0v) is 12.9. The van der Waals surface area contributed by atoms with E-state index < -0.39 is 5.82 Å². The molecule has 0 bridgehead atoms. The Morgan fingerprint density at radius 1 is 1.19 bits per heavy atom. The number of anilines is 2. The predicted molar refractivity (Wildman–Crippen MR) is 85.9 cm³/mol. The van der Waals surface area contributed by atoms with Crippen molar-refractivity contribution >= 4 is 23.0 Å². The van der Waals surface area contributed by atoms with Crippen LogP contribution in [0.5, 0.6) is 5.75 Å². The topological polar surface area (TPSA) is 35.5 Å². The molecule has 3 nitrogen and oxygen atoms in total. The quantitative estimate of drug-likeness (QED) is 0.877. The Morgan fingerprint density at radius 3 is 2.52 bits per heavy atom. The van der Waals surface area contributed by atoms with Crippen LogP contribution in [0.25, 0.3) is 0 Å². The summed E-state index contributed by atoms with van der Waals surface area (Å²) in [6.45, 7) is 1.86. The third kappa shape index (κ3) is 3.58. The van der Waals surface area contributed by atoms with Gasteiger partial charge in [-0.15, -0.1) is 0 Å². The number of benzene rings is 2. The minimum Gasteiger partial charge on any atom is -0.508 e. The van der Waals surface area contributed by atoms with Crippen molar-refractivity contribution in [2.24, 2.45) is 0 Å². The average molecular weight is 309 g/mol. The standard InChI is InChI=1S/C16H18ClFN2O/c1-10(13-6-5-12(21)9-14(13)18)19-15-8-11(17)4-7-16(15)20(2)3/h4-10,19,21H,1-3H3. The lowest BCUT2D eigenvalue weighted by Crippen LogP contribution is -2.14. The van der Waals surface area contributed by atoms with E-state index in [1.54, 1.807) is 6.07 Å². The molecule has 0 spiro atoms. The van der Waals surface area contributed by atoms with Gasteiger partial charge in [-0.05, 0) is 31.2 Å². The first-order valence-electron chi connectivity index (χ1n) is 6.60. The van der Waals surface area contributed by atoms with Crippen LogP contribution < -0.4 is 10.2 Å². The summed E-state index contributed by atoms with van der Waals surface area (Å²) in [4.78, 5) is 1.96. The molecular formula is C16H18ClFN2O. The highest BCUT2D eigenvalue weighted by Gasteiger charge is 2.14.